The van der Waals surface area contributed by atoms with Crippen LogP contribution in [0.4, 0.5) is 5.69 Å². The fourth-order valence-electron chi connectivity index (χ4n) is 2.87. The topological polar surface area (TPSA) is 60.5 Å². The van der Waals surface area contributed by atoms with Crippen LogP contribution in [-0.4, -0.2) is 18.0 Å². The summed E-state index contributed by atoms with van der Waals surface area (Å²) in [5, 5.41) is 6.34. The first-order valence-corrected chi connectivity index (χ1v) is 11.2. The van der Waals surface area contributed by atoms with E-state index in [-0.39, 0.29) is 5.91 Å². The Kier molecular flexibility index (Phi) is 6.95. The Balaban J connectivity index is 1.37. The molecule has 4 rings (SSSR count). The Labute approximate surface area is 199 Å². The average molecular weight is 485 g/mol. The highest BCUT2D eigenvalue weighted by molar-refractivity contribution is 7.13. The Morgan fingerprint density at radius 3 is 2.38 bits per heavy atom. The smallest absolute Gasteiger partial charge is 0.275 e. The molecule has 0 atom stereocenters. The number of ether oxygens (including phenoxy) is 2. The lowest BCUT2D eigenvalue weighted by Gasteiger charge is -2.08. The summed E-state index contributed by atoms with van der Waals surface area (Å²) in [6.07, 6.45) is 0. The molecule has 0 aliphatic heterocycles. The van der Waals surface area contributed by atoms with Gasteiger partial charge in [-0.3, -0.25) is 4.79 Å². The summed E-state index contributed by atoms with van der Waals surface area (Å²) in [7, 11) is 1.60. The van der Waals surface area contributed by atoms with Crippen molar-refractivity contribution in [3.8, 4) is 22.1 Å². The lowest BCUT2D eigenvalue weighted by Crippen LogP contribution is -2.12. The number of methoxy groups -OCH3 is 1. The number of rotatable bonds is 7. The molecular formula is C24H18Cl2N2O3S. The molecule has 0 spiro atoms. The summed E-state index contributed by atoms with van der Waals surface area (Å²) in [5.41, 5.74) is 2.87. The number of halogens is 2. The van der Waals surface area contributed by atoms with E-state index < -0.39 is 0 Å². The maximum atomic E-state index is 12.5. The van der Waals surface area contributed by atoms with E-state index in [1.807, 2.05) is 30.3 Å². The van der Waals surface area contributed by atoms with Crippen molar-refractivity contribution in [2.75, 3.05) is 12.4 Å². The van der Waals surface area contributed by atoms with E-state index in [1.165, 1.54) is 11.3 Å². The third kappa shape index (κ3) is 5.40. The highest BCUT2D eigenvalue weighted by Crippen LogP contribution is 2.27. The van der Waals surface area contributed by atoms with Gasteiger partial charge in [0.2, 0.25) is 0 Å². The lowest BCUT2D eigenvalue weighted by molar-refractivity contribution is 0.102. The molecular weight excluding hydrogens is 467 g/mol. The van der Waals surface area contributed by atoms with E-state index in [9.17, 15) is 4.79 Å². The van der Waals surface area contributed by atoms with Gasteiger partial charge in [-0.25, -0.2) is 4.98 Å². The van der Waals surface area contributed by atoms with Crippen molar-refractivity contribution in [1.82, 2.24) is 4.98 Å². The molecule has 8 heteroatoms. The van der Waals surface area contributed by atoms with Gasteiger partial charge in [0.15, 0.2) is 0 Å². The minimum Gasteiger partial charge on any atom is -0.497 e. The molecule has 0 aliphatic carbocycles. The van der Waals surface area contributed by atoms with Crippen LogP contribution in [0.25, 0.3) is 10.6 Å². The second-order valence-corrected chi connectivity index (χ2v) is 8.45. The number of aromatic nitrogens is 1. The monoisotopic (exact) mass is 484 g/mol. The van der Waals surface area contributed by atoms with E-state index in [0.717, 1.165) is 21.9 Å². The van der Waals surface area contributed by atoms with Gasteiger partial charge in [-0.2, -0.15) is 0 Å². The molecule has 162 valence electrons. The average Bonchev–Trinajstić information content (AvgIpc) is 3.31. The normalized spacial score (nSPS) is 10.6. The number of nitrogens with one attached hydrogen (secondary N) is 1. The highest BCUT2D eigenvalue weighted by atomic mass is 35.5. The Bertz CT molecular complexity index is 1220. The second kappa shape index (κ2) is 10.0. The van der Waals surface area contributed by atoms with Crippen LogP contribution in [0.1, 0.15) is 16.1 Å². The van der Waals surface area contributed by atoms with Gasteiger partial charge in [-0.15, -0.1) is 11.3 Å². The largest absolute Gasteiger partial charge is 0.497 e. The molecule has 0 fully saturated rings. The zero-order valence-electron chi connectivity index (χ0n) is 17.0. The molecule has 1 heterocycles. The lowest BCUT2D eigenvalue weighted by atomic mass is 10.2. The van der Waals surface area contributed by atoms with Crippen molar-refractivity contribution in [1.29, 1.82) is 0 Å². The van der Waals surface area contributed by atoms with Crippen LogP contribution < -0.4 is 14.8 Å². The van der Waals surface area contributed by atoms with Crippen LogP contribution in [0, 0.1) is 0 Å². The van der Waals surface area contributed by atoms with Crippen LogP contribution in [0.3, 0.4) is 0 Å². The number of nitrogens with zero attached hydrogens (tertiary/aromatic N) is 1. The number of thiazole rings is 1. The molecule has 0 bridgehead atoms. The molecule has 0 saturated heterocycles. The number of hydrogen-bond donors (Lipinski definition) is 1. The summed E-state index contributed by atoms with van der Waals surface area (Å²) < 4.78 is 10.9. The number of hydrogen-bond acceptors (Lipinski definition) is 5. The molecule has 0 unspecified atom stereocenters. The minimum atomic E-state index is -0.265. The SMILES string of the molecule is COc1ccc(NC(=O)c2csc(-c3ccc(OCc4ccc(Cl)c(Cl)c4)cc3)n2)cc1. The number of anilines is 1. The number of carbonyl (C=O) groups excluding carboxylic acids is 1. The number of benzene rings is 3. The van der Waals surface area contributed by atoms with Crippen LogP contribution in [0.15, 0.2) is 72.1 Å². The zero-order chi connectivity index (χ0) is 22.5. The highest BCUT2D eigenvalue weighted by Gasteiger charge is 2.12. The third-order valence-electron chi connectivity index (χ3n) is 4.58. The Morgan fingerprint density at radius 2 is 1.69 bits per heavy atom. The van der Waals surface area contributed by atoms with Gasteiger partial charge in [0, 0.05) is 16.6 Å². The minimum absolute atomic E-state index is 0.265. The molecule has 3 aromatic carbocycles. The number of carbonyl (C=O) groups is 1. The van der Waals surface area contributed by atoms with Crippen LogP contribution >= 0.6 is 34.5 Å². The summed E-state index contributed by atoms with van der Waals surface area (Å²) in [5.74, 6) is 1.18. The summed E-state index contributed by atoms with van der Waals surface area (Å²) >= 11 is 13.4. The molecule has 1 amide bonds. The molecule has 1 aromatic heterocycles. The van der Waals surface area contributed by atoms with Crippen molar-refractivity contribution in [2.45, 2.75) is 6.61 Å². The van der Waals surface area contributed by atoms with Crippen molar-refractivity contribution in [3.05, 3.63) is 93.4 Å². The quantitative estimate of drug-likeness (QED) is 0.308. The maximum Gasteiger partial charge on any atom is 0.275 e. The standard InChI is InChI=1S/C24H18Cl2N2O3S/c1-30-18-9-5-17(6-10-18)27-23(29)22-14-32-24(28-22)16-3-7-19(8-4-16)31-13-15-2-11-20(25)21(26)12-15/h2-12,14H,13H2,1H3,(H,27,29). The van der Waals surface area contributed by atoms with Crippen LogP contribution in [0.2, 0.25) is 10.0 Å². The van der Waals surface area contributed by atoms with Gasteiger partial charge < -0.3 is 14.8 Å². The Hall–Kier alpha value is -3.06. The van der Waals surface area contributed by atoms with E-state index in [2.05, 4.69) is 10.3 Å². The summed E-state index contributed by atoms with van der Waals surface area (Å²) in [4.78, 5) is 17.0. The van der Waals surface area contributed by atoms with Gasteiger partial charge in [0.1, 0.15) is 28.8 Å². The van der Waals surface area contributed by atoms with Crippen LogP contribution in [-0.2, 0) is 6.61 Å². The van der Waals surface area contributed by atoms with Gasteiger partial charge >= 0.3 is 0 Å². The third-order valence-corrected chi connectivity index (χ3v) is 6.21. The Morgan fingerprint density at radius 1 is 0.969 bits per heavy atom. The molecule has 1 N–H and O–H groups in total. The van der Waals surface area contributed by atoms with Crippen molar-refractivity contribution in [2.24, 2.45) is 0 Å². The van der Waals surface area contributed by atoms with Crippen molar-refractivity contribution >= 4 is 46.1 Å². The molecule has 4 aromatic rings. The van der Waals surface area contributed by atoms with Gasteiger partial charge in [-0.05, 0) is 66.2 Å². The summed E-state index contributed by atoms with van der Waals surface area (Å²) in [6, 6.07) is 20.1. The zero-order valence-corrected chi connectivity index (χ0v) is 19.3. The first-order chi connectivity index (χ1) is 15.5. The number of amides is 1. The van der Waals surface area contributed by atoms with E-state index in [0.29, 0.717) is 33.8 Å². The first-order valence-electron chi connectivity index (χ1n) is 9.60. The van der Waals surface area contributed by atoms with Crippen molar-refractivity contribution < 1.29 is 14.3 Å². The molecule has 0 radical (unpaired) electrons. The molecule has 0 saturated carbocycles. The van der Waals surface area contributed by atoms with Gasteiger partial charge in [0.25, 0.3) is 5.91 Å². The predicted molar refractivity (Wildman–Crippen MR) is 129 cm³/mol. The summed E-state index contributed by atoms with van der Waals surface area (Å²) in [6.45, 7) is 0.378. The van der Waals surface area contributed by atoms with E-state index in [1.54, 1.807) is 48.9 Å². The molecule has 5 nitrogen and oxygen atoms in total. The van der Waals surface area contributed by atoms with E-state index in [4.69, 9.17) is 32.7 Å². The first kappa shape index (κ1) is 22.1. The predicted octanol–water partition coefficient (Wildman–Crippen LogP) is 6.96. The second-order valence-electron chi connectivity index (χ2n) is 6.78. The molecule has 0 aliphatic rings. The fraction of sp³-hybridized carbons (Fsp3) is 0.0833. The van der Waals surface area contributed by atoms with Gasteiger partial charge in [0.05, 0.1) is 17.2 Å². The van der Waals surface area contributed by atoms with Gasteiger partial charge in [-0.1, -0.05) is 29.3 Å². The maximum absolute atomic E-state index is 12.5. The molecule has 32 heavy (non-hydrogen) atoms. The van der Waals surface area contributed by atoms with E-state index >= 15 is 0 Å². The van der Waals surface area contributed by atoms with Crippen LogP contribution in [0.5, 0.6) is 11.5 Å². The fourth-order valence-corrected chi connectivity index (χ4v) is 4.00. The van der Waals surface area contributed by atoms with Crippen molar-refractivity contribution in [3.63, 3.8) is 0 Å².